The Balaban J connectivity index is 1.95. The second-order valence-corrected chi connectivity index (χ2v) is 5.11. The summed E-state index contributed by atoms with van der Waals surface area (Å²) in [6, 6.07) is 2.06. The minimum atomic E-state index is 0.0309. The molecule has 0 aliphatic carbocycles. The van der Waals surface area contributed by atoms with Crippen molar-refractivity contribution in [3.8, 4) is 0 Å². The average Bonchev–Trinajstić information content (AvgIpc) is 2.73. The number of carbonyl (C=O) groups is 1. The van der Waals surface area contributed by atoms with E-state index in [1.54, 1.807) is 0 Å². The van der Waals surface area contributed by atoms with Crippen molar-refractivity contribution in [3.63, 3.8) is 0 Å². The van der Waals surface area contributed by atoms with Crippen molar-refractivity contribution in [2.45, 2.75) is 19.5 Å². The van der Waals surface area contributed by atoms with Crippen molar-refractivity contribution in [2.75, 3.05) is 20.1 Å². The van der Waals surface area contributed by atoms with Gasteiger partial charge in [0, 0.05) is 37.7 Å². The molecule has 1 N–H and O–H groups in total. The van der Waals surface area contributed by atoms with Gasteiger partial charge >= 0.3 is 0 Å². The van der Waals surface area contributed by atoms with Crippen LogP contribution < -0.4 is 5.32 Å². The van der Waals surface area contributed by atoms with Gasteiger partial charge in [0.15, 0.2) is 0 Å². The molecule has 0 radical (unpaired) electrons. The SMILES string of the molecule is CN1Cc2ccnn2CC2(CNC(=O)C2)C1. The van der Waals surface area contributed by atoms with Crippen molar-refractivity contribution in [1.29, 1.82) is 0 Å². The average molecular weight is 220 g/mol. The molecule has 2 aliphatic heterocycles. The second-order valence-electron chi connectivity index (χ2n) is 5.11. The van der Waals surface area contributed by atoms with Crippen LogP contribution in [-0.4, -0.2) is 40.7 Å². The van der Waals surface area contributed by atoms with Crippen LogP contribution in [0.15, 0.2) is 12.3 Å². The fourth-order valence-electron chi connectivity index (χ4n) is 2.88. The third-order valence-electron chi connectivity index (χ3n) is 3.52. The van der Waals surface area contributed by atoms with Gasteiger partial charge in [-0.05, 0) is 13.1 Å². The molecule has 0 aromatic carbocycles. The minimum Gasteiger partial charge on any atom is -0.355 e. The van der Waals surface area contributed by atoms with Crippen molar-refractivity contribution in [2.24, 2.45) is 5.41 Å². The minimum absolute atomic E-state index is 0.0309. The molecule has 3 heterocycles. The van der Waals surface area contributed by atoms with E-state index in [1.807, 2.05) is 10.9 Å². The lowest BCUT2D eigenvalue weighted by molar-refractivity contribution is -0.119. The van der Waals surface area contributed by atoms with Crippen LogP contribution in [0.2, 0.25) is 0 Å². The Hall–Kier alpha value is -1.36. The Kier molecular flexibility index (Phi) is 2.04. The number of carbonyl (C=O) groups excluding carboxylic acids is 1. The predicted octanol–water partition coefficient (Wildman–Crippen LogP) is -0.165. The van der Waals surface area contributed by atoms with Crippen LogP contribution in [0, 0.1) is 5.41 Å². The van der Waals surface area contributed by atoms with Gasteiger partial charge in [-0.15, -0.1) is 0 Å². The molecule has 0 saturated carbocycles. The number of rotatable bonds is 0. The van der Waals surface area contributed by atoms with Gasteiger partial charge in [-0.25, -0.2) is 0 Å². The van der Waals surface area contributed by atoms with E-state index in [0.29, 0.717) is 6.42 Å². The smallest absolute Gasteiger partial charge is 0.220 e. The second kappa shape index (κ2) is 3.31. The highest BCUT2D eigenvalue weighted by atomic mass is 16.1. The summed E-state index contributed by atoms with van der Waals surface area (Å²) < 4.78 is 2.05. The fraction of sp³-hybridized carbons (Fsp3) is 0.636. The van der Waals surface area contributed by atoms with Gasteiger partial charge in [0.2, 0.25) is 5.91 Å². The molecule has 1 saturated heterocycles. The number of fused-ring (bicyclic) bond motifs is 1. The number of aromatic nitrogens is 2. The van der Waals surface area contributed by atoms with Crippen LogP contribution in [0.25, 0.3) is 0 Å². The van der Waals surface area contributed by atoms with E-state index in [2.05, 4.69) is 28.4 Å². The normalized spacial score (nSPS) is 30.2. The lowest BCUT2D eigenvalue weighted by atomic mass is 9.86. The van der Waals surface area contributed by atoms with Gasteiger partial charge in [0.05, 0.1) is 12.2 Å². The molecule has 1 amide bonds. The third-order valence-corrected chi connectivity index (χ3v) is 3.52. The summed E-state index contributed by atoms with van der Waals surface area (Å²) >= 11 is 0. The van der Waals surface area contributed by atoms with E-state index < -0.39 is 0 Å². The molecule has 1 spiro atoms. The van der Waals surface area contributed by atoms with E-state index in [0.717, 1.165) is 26.2 Å². The number of amides is 1. The van der Waals surface area contributed by atoms with Crippen LogP contribution in [0.1, 0.15) is 12.1 Å². The zero-order valence-electron chi connectivity index (χ0n) is 9.44. The van der Waals surface area contributed by atoms with Gasteiger partial charge in [-0.2, -0.15) is 5.10 Å². The monoisotopic (exact) mass is 220 g/mol. The van der Waals surface area contributed by atoms with Crippen molar-refractivity contribution < 1.29 is 4.79 Å². The van der Waals surface area contributed by atoms with E-state index in [4.69, 9.17) is 0 Å². The van der Waals surface area contributed by atoms with Crippen LogP contribution in [0.4, 0.5) is 0 Å². The first-order valence-corrected chi connectivity index (χ1v) is 5.63. The quantitative estimate of drug-likeness (QED) is 0.660. The largest absolute Gasteiger partial charge is 0.355 e. The van der Waals surface area contributed by atoms with Crippen molar-refractivity contribution in [3.05, 3.63) is 18.0 Å². The molecule has 16 heavy (non-hydrogen) atoms. The highest BCUT2D eigenvalue weighted by Crippen LogP contribution is 2.32. The summed E-state index contributed by atoms with van der Waals surface area (Å²) in [5, 5.41) is 7.29. The molecule has 1 unspecified atom stereocenters. The van der Waals surface area contributed by atoms with Crippen molar-refractivity contribution >= 4 is 5.91 Å². The summed E-state index contributed by atoms with van der Waals surface area (Å²) in [7, 11) is 2.10. The first-order chi connectivity index (χ1) is 7.67. The standard InChI is InChI=1S/C11H16N4O/c1-14-5-9-2-3-13-15(9)8-11(7-14)4-10(16)12-6-11/h2-3H,4-8H2,1H3,(H,12,16). The van der Waals surface area contributed by atoms with E-state index in [-0.39, 0.29) is 11.3 Å². The maximum absolute atomic E-state index is 11.4. The van der Waals surface area contributed by atoms with Crippen molar-refractivity contribution in [1.82, 2.24) is 20.0 Å². The maximum Gasteiger partial charge on any atom is 0.220 e. The van der Waals surface area contributed by atoms with Gasteiger partial charge in [0.1, 0.15) is 0 Å². The predicted molar refractivity (Wildman–Crippen MR) is 58.6 cm³/mol. The molecule has 1 aromatic rings. The summed E-state index contributed by atoms with van der Waals surface area (Å²) in [5.41, 5.74) is 1.27. The summed E-state index contributed by atoms with van der Waals surface area (Å²) in [4.78, 5) is 13.7. The molecule has 3 rings (SSSR count). The Labute approximate surface area is 94.4 Å². The summed E-state index contributed by atoms with van der Waals surface area (Å²) in [5.74, 6) is 0.170. The third kappa shape index (κ3) is 1.51. The van der Waals surface area contributed by atoms with Crippen LogP contribution in [-0.2, 0) is 17.9 Å². The molecule has 5 nitrogen and oxygen atoms in total. The number of hydrogen-bond donors (Lipinski definition) is 1. The van der Waals surface area contributed by atoms with E-state index in [1.165, 1.54) is 5.69 Å². The molecule has 0 bridgehead atoms. The van der Waals surface area contributed by atoms with E-state index in [9.17, 15) is 4.79 Å². The first-order valence-electron chi connectivity index (χ1n) is 5.63. The molecular formula is C11H16N4O. The topological polar surface area (TPSA) is 50.2 Å². The first kappa shape index (κ1) is 9.84. The van der Waals surface area contributed by atoms with Crippen LogP contribution >= 0.6 is 0 Å². The molecule has 1 aromatic heterocycles. The van der Waals surface area contributed by atoms with Gasteiger partial charge < -0.3 is 5.32 Å². The molecule has 1 fully saturated rings. The Morgan fingerprint density at radius 3 is 3.12 bits per heavy atom. The molecule has 5 heteroatoms. The lowest BCUT2D eigenvalue weighted by Crippen LogP contribution is -2.37. The molecule has 1 atom stereocenters. The Bertz CT molecular complexity index is 427. The Morgan fingerprint density at radius 2 is 2.38 bits per heavy atom. The number of nitrogens with one attached hydrogen (secondary N) is 1. The summed E-state index contributed by atoms with van der Waals surface area (Å²) in [6.07, 6.45) is 2.46. The molecular weight excluding hydrogens is 204 g/mol. The zero-order valence-corrected chi connectivity index (χ0v) is 9.44. The van der Waals surface area contributed by atoms with Gasteiger partial charge in [-0.1, -0.05) is 0 Å². The summed E-state index contributed by atoms with van der Waals surface area (Å²) in [6.45, 7) is 3.49. The number of nitrogens with zero attached hydrogens (tertiary/aromatic N) is 3. The van der Waals surface area contributed by atoms with Crippen LogP contribution in [0.3, 0.4) is 0 Å². The number of hydrogen-bond acceptors (Lipinski definition) is 3. The Morgan fingerprint density at radius 1 is 1.50 bits per heavy atom. The molecule has 86 valence electrons. The zero-order chi connectivity index (χ0) is 11.2. The fourth-order valence-corrected chi connectivity index (χ4v) is 2.88. The highest BCUT2D eigenvalue weighted by Gasteiger charge is 2.41. The molecule has 2 aliphatic rings. The van der Waals surface area contributed by atoms with E-state index >= 15 is 0 Å². The maximum atomic E-state index is 11.4. The van der Waals surface area contributed by atoms with Gasteiger partial charge in [0.25, 0.3) is 0 Å². The van der Waals surface area contributed by atoms with Gasteiger partial charge in [-0.3, -0.25) is 14.4 Å². The lowest BCUT2D eigenvalue weighted by Gasteiger charge is -2.28. The van der Waals surface area contributed by atoms with Crippen LogP contribution in [0.5, 0.6) is 0 Å². The highest BCUT2D eigenvalue weighted by molar-refractivity contribution is 5.79.